The van der Waals surface area contributed by atoms with Gasteiger partial charge in [0.05, 0.1) is 24.4 Å². The minimum Gasteiger partial charge on any atom is -0.464 e. The number of aromatic nitrogens is 2. The van der Waals surface area contributed by atoms with Crippen LogP contribution in [-0.2, 0) is 4.74 Å². The third kappa shape index (κ3) is 3.11. The van der Waals surface area contributed by atoms with E-state index in [2.05, 4.69) is 26.5 Å². The molecule has 23 heavy (non-hydrogen) atoms. The number of ether oxygens (including phenoxy) is 1. The average molecular weight is 304 g/mol. The summed E-state index contributed by atoms with van der Waals surface area (Å²) < 4.78 is 4.64. The van der Waals surface area contributed by atoms with Crippen LogP contribution in [0.5, 0.6) is 0 Å². The molecule has 0 amide bonds. The molecular formula is C18H12N2O3. The summed E-state index contributed by atoms with van der Waals surface area (Å²) in [4.78, 5) is 30.3. The Labute approximate surface area is 132 Å². The number of benzene rings is 1. The Morgan fingerprint density at radius 1 is 1.17 bits per heavy atom. The number of fused-ring (bicyclic) bond motifs is 1. The number of nitrogens with zero attached hydrogens (tertiary/aromatic N) is 1. The van der Waals surface area contributed by atoms with Crippen LogP contribution in [0.4, 0.5) is 0 Å². The maximum atomic E-state index is 12.1. The van der Waals surface area contributed by atoms with E-state index in [0.717, 1.165) is 5.56 Å². The number of aromatic amines is 1. The van der Waals surface area contributed by atoms with E-state index in [1.165, 1.54) is 13.3 Å². The van der Waals surface area contributed by atoms with E-state index in [1.54, 1.807) is 12.1 Å². The first-order valence-corrected chi connectivity index (χ1v) is 6.86. The zero-order chi connectivity index (χ0) is 16.2. The average Bonchev–Trinajstić information content (AvgIpc) is 2.59. The third-order valence-electron chi connectivity index (χ3n) is 3.24. The molecule has 5 nitrogen and oxygen atoms in total. The smallest absolute Gasteiger partial charge is 0.356 e. The summed E-state index contributed by atoms with van der Waals surface area (Å²) in [7, 11) is 1.29. The second-order valence-electron chi connectivity index (χ2n) is 4.78. The van der Waals surface area contributed by atoms with E-state index in [-0.39, 0.29) is 11.3 Å². The lowest BCUT2D eigenvalue weighted by Crippen LogP contribution is -2.11. The van der Waals surface area contributed by atoms with Crippen molar-refractivity contribution >= 4 is 16.9 Å². The van der Waals surface area contributed by atoms with Crippen LogP contribution in [0.1, 0.15) is 21.6 Å². The lowest BCUT2D eigenvalue weighted by molar-refractivity contribution is 0.0594. The van der Waals surface area contributed by atoms with Gasteiger partial charge in [0.15, 0.2) is 0 Å². The van der Waals surface area contributed by atoms with Crippen molar-refractivity contribution < 1.29 is 9.53 Å². The summed E-state index contributed by atoms with van der Waals surface area (Å²) >= 11 is 0. The van der Waals surface area contributed by atoms with Gasteiger partial charge in [-0.3, -0.25) is 4.79 Å². The zero-order valence-corrected chi connectivity index (χ0v) is 12.3. The van der Waals surface area contributed by atoms with Crippen LogP contribution in [0.25, 0.3) is 10.9 Å². The molecular weight excluding hydrogens is 292 g/mol. The molecule has 0 radical (unpaired) electrons. The molecule has 1 N–H and O–H groups in total. The van der Waals surface area contributed by atoms with Crippen LogP contribution in [0.15, 0.2) is 53.5 Å². The Balaban J connectivity index is 2.07. The van der Waals surface area contributed by atoms with Gasteiger partial charge in [-0.15, -0.1) is 0 Å². The topological polar surface area (TPSA) is 72.1 Å². The number of esters is 1. The molecule has 0 fully saturated rings. The number of hydrogen-bond donors (Lipinski definition) is 1. The number of carbonyl (C=O) groups excluding carboxylic acids is 1. The fourth-order valence-electron chi connectivity index (χ4n) is 2.08. The molecule has 0 bridgehead atoms. The standard InChI is InChI=1S/C18H12N2O3/c1-23-18(22)15-10-14-9-13(17(21)20-16(14)11-19-15)8-7-12-5-3-2-4-6-12/h2-6,9-11H,1H3,(H,20,21). The van der Waals surface area contributed by atoms with Gasteiger partial charge in [0, 0.05) is 10.9 Å². The van der Waals surface area contributed by atoms with Gasteiger partial charge >= 0.3 is 5.97 Å². The first-order chi connectivity index (χ1) is 11.2. The third-order valence-corrected chi connectivity index (χ3v) is 3.24. The molecule has 0 saturated heterocycles. The summed E-state index contributed by atoms with van der Waals surface area (Å²) in [6.45, 7) is 0. The summed E-state index contributed by atoms with van der Waals surface area (Å²) in [5, 5.41) is 0.664. The molecule has 1 aromatic carbocycles. The molecule has 0 atom stereocenters. The van der Waals surface area contributed by atoms with Gasteiger partial charge in [0.1, 0.15) is 5.69 Å². The van der Waals surface area contributed by atoms with Crippen LogP contribution in [-0.4, -0.2) is 23.0 Å². The largest absolute Gasteiger partial charge is 0.464 e. The second-order valence-corrected chi connectivity index (χ2v) is 4.78. The first-order valence-electron chi connectivity index (χ1n) is 6.86. The molecule has 3 aromatic rings. The van der Waals surface area contributed by atoms with Gasteiger partial charge in [-0.1, -0.05) is 30.0 Å². The molecule has 0 aliphatic heterocycles. The monoisotopic (exact) mass is 304 g/mol. The van der Waals surface area contributed by atoms with Crippen LogP contribution in [0.2, 0.25) is 0 Å². The van der Waals surface area contributed by atoms with Crippen molar-refractivity contribution in [3.05, 3.63) is 75.8 Å². The van der Waals surface area contributed by atoms with E-state index in [4.69, 9.17) is 0 Å². The number of pyridine rings is 2. The zero-order valence-electron chi connectivity index (χ0n) is 12.3. The highest BCUT2D eigenvalue weighted by molar-refractivity contribution is 5.92. The Bertz CT molecular complexity index is 995. The van der Waals surface area contributed by atoms with E-state index in [9.17, 15) is 9.59 Å². The van der Waals surface area contributed by atoms with E-state index >= 15 is 0 Å². The predicted octanol–water partition coefficient (Wildman–Crippen LogP) is 2.11. The molecule has 0 unspecified atom stereocenters. The van der Waals surface area contributed by atoms with Crippen molar-refractivity contribution in [3.63, 3.8) is 0 Å². The van der Waals surface area contributed by atoms with Crippen LogP contribution in [0, 0.1) is 11.8 Å². The molecule has 5 heteroatoms. The first kappa shape index (κ1) is 14.5. The molecule has 2 aromatic heterocycles. The number of carbonyl (C=O) groups is 1. The molecule has 0 aliphatic carbocycles. The Kier molecular flexibility index (Phi) is 3.89. The van der Waals surface area contributed by atoms with Gasteiger partial charge in [-0.2, -0.15) is 0 Å². The van der Waals surface area contributed by atoms with Crippen molar-refractivity contribution in [2.45, 2.75) is 0 Å². The van der Waals surface area contributed by atoms with Crippen molar-refractivity contribution in [3.8, 4) is 11.8 Å². The lowest BCUT2D eigenvalue weighted by atomic mass is 10.1. The van der Waals surface area contributed by atoms with Gasteiger partial charge in [0.25, 0.3) is 5.56 Å². The van der Waals surface area contributed by atoms with Gasteiger partial charge in [-0.05, 0) is 24.3 Å². The number of H-pyrrole nitrogens is 1. The lowest BCUT2D eigenvalue weighted by Gasteiger charge is -2.01. The summed E-state index contributed by atoms with van der Waals surface area (Å²) in [5.41, 5.74) is 1.55. The highest BCUT2D eigenvalue weighted by atomic mass is 16.5. The van der Waals surface area contributed by atoms with Crippen molar-refractivity contribution in [1.29, 1.82) is 0 Å². The number of hydrogen-bond acceptors (Lipinski definition) is 4. The van der Waals surface area contributed by atoms with Crippen molar-refractivity contribution in [2.24, 2.45) is 0 Å². The highest BCUT2D eigenvalue weighted by Gasteiger charge is 2.09. The van der Waals surface area contributed by atoms with Gasteiger partial charge in [-0.25, -0.2) is 9.78 Å². The van der Waals surface area contributed by atoms with Crippen LogP contribution >= 0.6 is 0 Å². The number of nitrogens with one attached hydrogen (secondary N) is 1. The Morgan fingerprint density at radius 3 is 2.70 bits per heavy atom. The molecule has 0 saturated carbocycles. The van der Waals surface area contributed by atoms with E-state index in [1.807, 2.05) is 30.3 Å². The molecule has 112 valence electrons. The van der Waals surface area contributed by atoms with Crippen LogP contribution in [0.3, 0.4) is 0 Å². The quantitative estimate of drug-likeness (QED) is 0.552. The summed E-state index contributed by atoms with van der Waals surface area (Å²) in [5.74, 6) is 5.26. The fraction of sp³-hybridized carbons (Fsp3) is 0.0556. The minimum atomic E-state index is -0.532. The molecule has 0 aliphatic rings. The maximum Gasteiger partial charge on any atom is 0.356 e. The fourth-order valence-corrected chi connectivity index (χ4v) is 2.08. The number of methoxy groups -OCH3 is 1. The Morgan fingerprint density at radius 2 is 1.96 bits per heavy atom. The SMILES string of the molecule is COC(=O)c1cc2cc(C#Cc3ccccc3)c(=O)[nH]c2cn1. The Hall–Kier alpha value is -3.39. The van der Waals surface area contributed by atoms with E-state index < -0.39 is 5.97 Å². The summed E-state index contributed by atoms with van der Waals surface area (Å²) in [6.07, 6.45) is 1.43. The summed E-state index contributed by atoms with van der Waals surface area (Å²) in [6, 6.07) is 12.6. The molecule has 0 spiro atoms. The maximum absolute atomic E-state index is 12.1. The van der Waals surface area contributed by atoms with Gasteiger partial charge < -0.3 is 9.72 Å². The second kappa shape index (κ2) is 6.16. The van der Waals surface area contributed by atoms with E-state index in [0.29, 0.717) is 16.5 Å². The molecule has 3 rings (SSSR count). The molecule has 2 heterocycles. The minimum absolute atomic E-state index is 0.175. The number of rotatable bonds is 1. The highest BCUT2D eigenvalue weighted by Crippen LogP contribution is 2.12. The normalized spacial score (nSPS) is 9.96. The van der Waals surface area contributed by atoms with Crippen molar-refractivity contribution in [2.75, 3.05) is 7.11 Å². The predicted molar refractivity (Wildman–Crippen MR) is 86.1 cm³/mol. The van der Waals surface area contributed by atoms with Crippen molar-refractivity contribution in [1.82, 2.24) is 9.97 Å². The van der Waals surface area contributed by atoms with Gasteiger partial charge in [0.2, 0.25) is 0 Å². The van der Waals surface area contributed by atoms with Crippen LogP contribution < -0.4 is 5.56 Å².